The molecule has 26 heavy (non-hydrogen) atoms. The third-order valence-electron chi connectivity index (χ3n) is 3.60. The van der Waals surface area contributed by atoms with Gasteiger partial charge in [0.15, 0.2) is 5.78 Å². The van der Waals surface area contributed by atoms with Crippen LogP contribution in [0.25, 0.3) is 0 Å². The summed E-state index contributed by atoms with van der Waals surface area (Å²) in [5, 5.41) is 0. The van der Waals surface area contributed by atoms with Crippen molar-refractivity contribution in [2.75, 3.05) is 17.4 Å². The Morgan fingerprint density at radius 1 is 1.19 bits per heavy atom. The summed E-state index contributed by atoms with van der Waals surface area (Å²) in [7, 11) is 0. The second kappa shape index (κ2) is 9.54. The van der Waals surface area contributed by atoms with Crippen LogP contribution in [-0.2, 0) is 9.53 Å². The Bertz CT molecular complexity index is 773. The third kappa shape index (κ3) is 5.44. The molecule has 2 aromatic carbocycles. The fraction of sp³-hybridized carbons (Fsp3) is 0.222. The number of nitrogens with zero attached hydrogens (tertiary/aromatic N) is 1. The molecule has 0 radical (unpaired) electrons. The molecule has 1 atom stereocenters. The predicted octanol–water partition coefficient (Wildman–Crippen LogP) is 4.39. The molecule has 0 aliphatic heterocycles. The smallest absolute Gasteiger partial charge is 0.404 e. The van der Waals surface area contributed by atoms with Crippen molar-refractivity contribution in [1.82, 2.24) is 0 Å². The molecule has 0 saturated heterocycles. The number of hydrogen-bond acceptors (Lipinski definition) is 4. The molecule has 0 saturated carbocycles. The molecule has 138 valence electrons. The summed E-state index contributed by atoms with van der Waals surface area (Å²) in [4.78, 5) is 25.4. The highest BCUT2D eigenvalue weighted by molar-refractivity contribution is 9.10. The van der Waals surface area contributed by atoms with Crippen molar-refractivity contribution in [3.8, 4) is 0 Å². The summed E-state index contributed by atoms with van der Waals surface area (Å²) in [6.45, 7) is -0.255. The number of hydrogen-bond donors (Lipinski definition) is 1. The molecule has 0 bridgehead atoms. The Kier molecular flexibility index (Phi) is 7.41. The van der Waals surface area contributed by atoms with Gasteiger partial charge < -0.3 is 15.4 Å². The summed E-state index contributed by atoms with van der Waals surface area (Å²) < 4.78 is 19.0. The highest BCUT2D eigenvalue weighted by atomic mass is 79.9. The number of rotatable bonds is 8. The Hall–Kier alpha value is -2.12. The number of ketones is 1. The first-order valence-corrected chi connectivity index (χ1v) is 9.06. The number of alkyl halides is 1. The van der Waals surface area contributed by atoms with Crippen molar-refractivity contribution >= 4 is 50.8 Å². The molecular formula is C18H17BrClFN2O3. The van der Waals surface area contributed by atoms with Crippen LogP contribution in [0.4, 0.5) is 20.6 Å². The first-order valence-electron chi connectivity index (χ1n) is 7.73. The maximum Gasteiger partial charge on any atom is 0.404 e. The quantitative estimate of drug-likeness (QED) is 0.614. The largest absolute Gasteiger partial charge is 0.447 e. The minimum absolute atomic E-state index is 0.0834. The van der Waals surface area contributed by atoms with Crippen LogP contribution in [0.15, 0.2) is 53.0 Å². The average Bonchev–Trinajstić information content (AvgIpc) is 2.59. The van der Waals surface area contributed by atoms with Gasteiger partial charge in [-0.15, -0.1) is 11.6 Å². The molecule has 1 unspecified atom stereocenters. The van der Waals surface area contributed by atoms with Gasteiger partial charge in [-0.2, -0.15) is 0 Å². The van der Waals surface area contributed by atoms with Gasteiger partial charge in [-0.1, -0.05) is 22.0 Å². The molecule has 5 nitrogen and oxygen atoms in total. The van der Waals surface area contributed by atoms with Crippen LogP contribution in [0.5, 0.6) is 0 Å². The van der Waals surface area contributed by atoms with Gasteiger partial charge in [-0.05, 0) is 42.5 Å². The van der Waals surface area contributed by atoms with Gasteiger partial charge in [-0.3, -0.25) is 4.79 Å². The number of amides is 1. The number of nitrogens with two attached hydrogens (primary N) is 1. The van der Waals surface area contributed by atoms with Gasteiger partial charge in [0.1, 0.15) is 18.5 Å². The van der Waals surface area contributed by atoms with Crippen LogP contribution in [-0.4, -0.2) is 30.4 Å². The fourth-order valence-corrected chi connectivity index (χ4v) is 3.04. The van der Waals surface area contributed by atoms with E-state index in [2.05, 4.69) is 15.9 Å². The van der Waals surface area contributed by atoms with Crippen LogP contribution in [0.2, 0.25) is 0 Å². The monoisotopic (exact) mass is 442 g/mol. The molecule has 0 spiro atoms. The van der Waals surface area contributed by atoms with Gasteiger partial charge >= 0.3 is 6.09 Å². The topological polar surface area (TPSA) is 72.6 Å². The van der Waals surface area contributed by atoms with Crippen molar-refractivity contribution in [3.63, 3.8) is 0 Å². The van der Waals surface area contributed by atoms with Gasteiger partial charge in [0.2, 0.25) is 0 Å². The zero-order chi connectivity index (χ0) is 19.1. The van der Waals surface area contributed by atoms with E-state index < -0.39 is 18.0 Å². The number of primary amides is 1. The first-order chi connectivity index (χ1) is 12.4. The SMILES string of the molecule is NC(=O)OCC(C(=O)CCCl)N(c1ccc(F)cc1)c1cccc(Br)c1. The highest BCUT2D eigenvalue weighted by Crippen LogP contribution is 2.31. The van der Waals surface area contributed by atoms with Gasteiger partial charge in [0, 0.05) is 28.1 Å². The maximum atomic E-state index is 13.4. The Balaban J connectivity index is 2.51. The second-order valence-electron chi connectivity index (χ2n) is 5.38. The molecule has 8 heteroatoms. The molecule has 0 aromatic heterocycles. The van der Waals surface area contributed by atoms with E-state index in [1.54, 1.807) is 35.2 Å². The predicted molar refractivity (Wildman–Crippen MR) is 102 cm³/mol. The van der Waals surface area contributed by atoms with Crippen LogP contribution in [0.3, 0.4) is 0 Å². The van der Waals surface area contributed by atoms with Crippen LogP contribution in [0, 0.1) is 5.82 Å². The normalized spacial score (nSPS) is 11.7. The zero-order valence-electron chi connectivity index (χ0n) is 13.7. The van der Waals surface area contributed by atoms with Crippen LogP contribution in [0.1, 0.15) is 6.42 Å². The minimum atomic E-state index is -0.984. The lowest BCUT2D eigenvalue weighted by atomic mass is 10.1. The van der Waals surface area contributed by atoms with Crippen molar-refractivity contribution in [3.05, 3.63) is 58.8 Å². The average molecular weight is 444 g/mol. The van der Waals surface area contributed by atoms with E-state index in [1.807, 2.05) is 6.07 Å². The van der Waals surface area contributed by atoms with Crippen molar-refractivity contribution in [2.45, 2.75) is 12.5 Å². The highest BCUT2D eigenvalue weighted by Gasteiger charge is 2.28. The number of halogens is 3. The lowest BCUT2D eigenvalue weighted by Gasteiger charge is -2.32. The van der Waals surface area contributed by atoms with E-state index >= 15 is 0 Å². The Morgan fingerprint density at radius 2 is 1.88 bits per heavy atom. The van der Waals surface area contributed by atoms with Gasteiger partial charge in [0.25, 0.3) is 0 Å². The van der Waals surface area contributed by atoms with E-state index in [1.165, 1.54) is 12.1 Å². The van der Waals surface area contributed by atoms with E-state index in [-0.39, 0.29) is 24.7 Å². The number of anilines is 2. The van der Waals surface area contributed by atoms with Crippen LogP contribution < -0.4 is 10.6 Å². The zero-order valence-corrected chi connectivity index (χ0v) is 16.0. The lowest BCUT2D eigenvalue weighted by molar-refractivity contribution is -0.120. The molecule has 0 heterocycles. The summed E-state index contributed by atoms with van der Waals surface area (Å²) in [6.07, 6.45) is -0.901. The van der Waals surface area contributed by atoms with Gasteiger partial charge in [0.05, 0.1) is 0 Å². The van der Waals surface area contributed by atoms with E-state index in [0.29, 0.717) is 11.4 Å². The molecule has 2 N–H and O–H groups in total. The molecule has 2 aromatic rings. The van der Waals surface area contributed by atoms with Crippen molar-refractivity contribution < 1.29 is 18.7 Å². The van der Waals surface area contributed by atoms with E-state index in [9.17, 15) is 14.0 Å². The van der Waals surface area contributed by atoms with Crippen molar-refractivity contribution in [1.29, 1.82) is 0 Å². The Morgan fingerprint density at radius 3 is 2.46 bits per heavy atom. The first kappa shape index (κ1) is 20.2. The molecule has 0 aliphatic rings. The maximum absolute atomic E-state index is 13.4. The summed E-state index contributed by atoms with van der Waals surface area (Å²) in [5.74, 6) is -0.507. The van der Waals surface area contributed by atoms with E-state index in [0.717, 1.165) is 4.47 Å². The second-order valence-corrected chi connectivity index (χ2v) is 6.67. The molecule has 0 fully saturated rings. The van der Waals surface area contributed by atoms with Crippen molar-refractivity contribution in [2.24, 2.45) is 5.73 Å². The number of benzene rings is 2. The lowest BCUT2D eigenvalue weighted by Crippen LogP contribution is -2.43. The summed E-state index contributed by atoms with van der Waals surface area (Å²) >= 11 is 9.11. The molecular weight excluding hydrogens is 427 g/mol. The molecule has 0 aliphatic carbocycles. The molecule has 1 amide bonds. The summed E-state index contributed by atoms with van der Waals surface area (Å²) in [5.41, 5.74) is 6.28. The fourth-order valence-electron chi connectivity index (χ4n) is 2.47. The molecule has 2 rings (SSSR count). The Labute approximate surface area is 164 Å². The number of Topliss-reactive ketones (excluding diaryl/α,β-unsaturated/α-hetero) is 1. The van der Waals surface area contributed by atoms with Crippen LogP contribution >= 0.6 is 27.5 Å². The standard InChI is InChI=1S/C18H17BrClFN2O3/c19-12-2-1-3-15(10-12)23(14-6-4-13(21)5-7-14)16(11-26-18(22)25)17(24)8-9-20/h1-7,10,16H,8-9,11H2,(H2,22,25). The number of ether oxygens (including phenoxy) is 1. The number of carbonyl (C=O) groups excluding carboxylic acids is 2. The number of carbonyl (C=O) groups is 2. The van der Waals surface area contributed by atoms with Gasteiger partial charge in [-0.25, -0.2) is 9.18 Å². The van der Waals surface area contributed by atoms with E-state index in [4.69, 9.17) is 22.1 Å². The minimum Gasteiger partial charge on any atom is -0.447 e. The third-order valence-corrected chi connectivity index (χ3v) is 4.28. The summed E-state index contributed by atoms with van der Waals surface area (Å²) in [6, 6.07) is 12.0.